The van der Waals surface area contributed by atoms with Crippen molar-refractivity contribution >= 4 is 29.4 Å². The molecule has 0 aromatic heterocycles. The molecule has 0 unspecified atom stereocenters. The summed E-state index contributed by atoms with van der Waals surface area (Å²) in [6, 6.07) is 12.6. The summed E-state index contributed by atoms with van der Waals surface area (Å²) in [5, 5.41) is 3.31. The molecule has 0 saturated heterocycles. The number of nitrogens with one attached hydrogen (secondary N) is 1. The molecule has 2 aromatic carbocycles. The number of halogens is 1. The van der Waals surface area contributed by atoms with Gasteiger partial charge in [0.25, 0.3) is 5.91 Å². The highest BCUT2D eigenvalue weighted by atomic mass is 35.5. The quantitative estimate of drug-likeness (QED) is 0.867. The third-order valence-corrected chi connectivity index (χ3v) is 3.86. The normalized spacial score (nSPS) is 15.2. The maximum absolute atomic E-state index is 12.2. The Hall–Kier alpha value is -2.79. The molecule has 6 heteroatoms. The van der Waals surface area contributed by atoms with E-state index in [4.69, 9.17) is 21.1 Å². The van der Waals surface area contributed by atoms with Crippen LogP contribution in [0.4, 0.5) is 0 Å². The maximum Gasteiger partial charge on any atom is 0.275 e. The van der Waals surface area contributed by atoms with E-state index in [0.29, 0.717) is 33.6 Å². The molecule has 0 bridgehead atoms. The lowest BCUT2D eigenvalue weighted by Gasteiger charge is -2.08. The van der Waals surface area contributed by atoms with Gasteiger partial charge < -0.3 is 14.8 Å². The van der Waals surface area contributed by atoms with Crippen LogP contribution in [0.15, 0.2) is 53.2 Å². The van der Waals surface area contributed by atoms with Gasteiger partial charge in [-0.3, -0.25) is 4.79 Å². The number of benzene rings is 2. The summed E-state index contributed by atoms with van der Waals surface area (Å²) in [4.78, 5) is 16.6. The van der Waals surface area contributed by atoms with Gasteiger partial charge in [0, 0.05) is 16.7 Å². The molecular weight excluding hydrogens is 328 g/mol. The maximum atomic E-state index is 12.2. The topological polar surface area (TPSA) is 59.9 Å². The lowest BCUT2D eigenvalue weighted by atomic mass is 10.2. The average Bonchev–Trinajstić information content (AvgIpc) is 2.97. The van der Waals surface area contributed by atoms with E-state index < -0.39 is 0 Å². The lowest BCUT2D eigenvalue weighted by Crippen LogP contribution is -2.24. The molecule has 1 aliphatic rings. The Bertz CT molecular complexity index is 837. The highest BCUT2D eigenvalue weighted by Gasteiger charge is 2.22. The predicted octanol–water partition coefficient (Wildman–Crippen LogP) is 3.27. The fraction of sp³-hybridized carbons (Fsp3) is 0.111. The summed E-state index contributed by atoms with van der Waals surface area (Å²) in [6.07, 6.45) is 1.65. The van der Waals surface area contributed by atoms with Crippen molar-refractivity contribution in [3.05, 3.63) is 64.3 Å². The van der Waals surface area contributed by atoms with Gasteiger partial charge in [0.1, 0.15) is 23.0 Å². The SMILES string of the molecule is COc1cc(OC)cc(C2=N/C(=C\c3ccccc3Cl)C(=O)N2)c1. The smallest absolute Gasteiger partial charge is 0.275 e. The molecule has 1 amide bonds. The van der Waals surface area contributed by atoms with E-state index in [1.807, 2.05) is 18.2 Å². The minimum atomic E-state index is -0.285. The second-order valence-electron chi connectivity index (χ2n) is 5.07. The molecule has 2 aromatic rings. The van der Waals surface area contributed by atoms with E-state index in [2.05, 4.69) is 10.3 Å². The first kappa shape index (κ1) is 16.1. The van der Waals surface area contributed by atoms with E-state index in [0.717, 1.165) is 5.56 Å². The van der Waals surface area contributed by atoms with Crippen LogP contribution < -0.4 is 14.8 Å². The molecule has 24 heavy (non-hydrogen) atoms. The van der Waals surface area contributed by atoms with Gasteiger partial charge in [0.2, 0.25) is 0 Å². The number of hydrogen-bond acceptors (Lipinski definition) is 4. The first-order valence-corrected chi connectivity index (χ1v) is 7.58. The van der Waals surface area contributed by atoms with Crippen LogP contribution in [-0.4, -0.2) is 26.0 Å². The molecule has 0 fully saturated rings. The van der Waals surface area contributed by atoms with E-state index in [1.165, 1.54) is 0 Å². The molecule has 5 nitrogen and oxygen atoms in total. The van der Waals surface area contributed by atoms with Gasteiger partial charge in [-0.25, -0.2) is 4.99 Å². The summed E-state index contributed by atoms with van der Waals surface area (Å²) in [6.45, 7) is 0. The number of hydrogen-bond donors (Lipinski definition) is 1. The van der Waals surface area contributed by atoms with E-state index in [-0.39, 0.29) is 5.91 Å². The highest BCUT2D eigenvalue weighted by molar-refractivity contribution is 6.32. The van der Waals surface area contributed by atoms with Crippen molar-refractivity contribution in [3.8, 4) is 11.5 Å². The average molecular weight is 343 g/mol. The standard InChI is InChI=1S/C18H15ClN2O3/c1-23-13-7-12(8-14(10-13)24-2)17-20-16(18(22)21-17)9-11-5-3-4-6-15(11)19/h3-10H,1-2H3,(H,20,21,22)/b16-9-. The van der Waals surface area contributed by atoms with Crippen molar-refractivity contribution < 1.29 is 14.3 Å². The number of ether oxygens (including phenoxy) is 2. The summed E-state index contributed by atoms with van der Waals surface area (Å²) in [7, 11) is 3.13. The van der Waals surface area contributed by atoms with Crippen molar-refractivity contribution in [1.29, 1.82) is 0 Å². The number of carbonyl (C=O) groups is 1. The Balaban J connectivity index is 1.99. The zero-order valence-corrected chi connectivity index (χ0v) is 13.9. The van der Waals surface area contributed by atoms with Gasteiger partial charge in [-0.15, -0.1) is 0 Å². The van der Waals surface area contributed by atoms with Gasteiger partial charge in [-0.1, -0.05) is 29.8 Å². The molecule has 1 N–H and O–H groups in total. The zero-order chi connectivity index (χ0) is 17.1. The minimum absolute atomic E-state index is 0.285. The number of nitrogens with zero attached hydrogens (tertiary/aromatic N) is 1. The van der Waals surface area contributed by atoms with Crippen LogP contribution in [0.25, 0.3) is 6.08 Å². The summed E-state index contributed by atoms with van der Waals surface area (Å²) in [5.74, 6) is 1.39. The highest BCUT2D eigenvalue weighted by Crippen LogP contribution is 2.25. The molecule has 0 radical (unpaired) electrons. The van der Waals surface area contributed by atoms with Gasteiger partial charge in [0.05, 0.1) is 14.2 Å². The van der Waals surface area contributed by atoms with Crippen molar-refractivity contribution in [3.63, 3.8) is 0 Å². The molecule has 0 saturated carbocycles. The van der Waals surface area contributed by atoms with Crippen LogP contribution >= 0.6 is 11.6 Å². The predicted molar refractivity (Wildman–Crippen MR) is 93.7 cm³/mol. The number of methoxy groups -OCH3 is 2. The van der Waals surface area contributed by atoms with Crippen LogP contribution in [-0.2, 0) is 4.79 Å². The molecule has 1 heterocycles. The summed E-state index contributed by atoms with van der Waals surface area (Å²) in [5.41, 5.74) is 1.72. The molecule has 0 spiro atoms. The lowest BCUT2D eigenvalue weighted by molar-refractivity contribution is -0.115. The van der Waals surface area contributed by atoms with Gasteiger partial charge >= 0.3 is 0 Å². The van der Waals surface area contributed by atoms with E-state index in [9.17, 15) is 4.79 Å². The number of rotatable bonds is 4. The zero-order valence-electron chi connectivity index (χ0n) is 13.2. The molecule has 0 aliphatic carbocycles. The van der Waals surface area contributed by atoms with E-state index >= 15 is 0 Å². The number of aliphatic imine (C=N–C) groups is 1. The fourth-order valence-electron chi connectivity index (χ4n) is 2.29. The summed E-state index contributed by atoms with van der Waals surface area (Å²) < 4.78 is 10.5. The van der Waals surface area contributed by atoms with Crippen LogP contribution in [0.2, 0.25) is 5.02 Å². The molecular formula is C18H15ClN2O3. The summed E-state index contributed by atoms with van der Waals surface area (Å²) >= 11 is 6.13. The van der Waals surface area contributed by atoms with Crippen molar-refractivity contribution in [1.82, 2.24) is 5.32 Å². The third-order valence-electron chi connectivity index (χ3n) is 3.52. The third kappa shape index (κ3) is 3.26. The number of carbonyl (C=O) groups excluding carboxylic acids is 1. The molecule has 0 atom stereocenters. The van der Waals surface area contributed by atoms with Gasteiger partial charge in [-0.05, 0) is 29.8 Å². The molecule has 3 rings (SSSR count). The largest absolute Gasteiger partial charge is 0.497 e. The number of amidine groups is 1. The first-order valence-electron chi connectivity index (χ1n) is 7.20. The van der Waals surface area contributed by atoms with Crippen LogP contribution in [0.5, 0.6) is 11.5 Å². The Morgan fingerprint density at radius 3 is 2.38 bits per heavy atom. The van der Waals surface area contributed by atoms with Crippen LogP contribution in [0.3, 0.4) is 0 Å². The van der Waals surface area contributed by atoms with Crippen molar-refractivity contribution in [2.24, 2.45) is 4.99 Å². The molecule has 1 aliphatic heterocycles. The fourth-order valence-corrected chi connectivity index (χ4v) is 2.48. The van der Waals surface area contributed by atoms with Crippen LogP contribution in [0.1, 0.15) is 11.1 Å². The monoisotopic (exact) mass is 342 g/mol. The first-order chi connectivity index (χ1) is 11.6. The second kappa shape index (κ2) is 6.76. The minimum Gasteiger partial charge on any atom is -0.497 e. The van der Waals surface area contributed by atoms with Crippen molar-refractivity contribution in [2.45, 2.75) is 0 Å². The van der Waals surface area contributed by atoms with Crippen molar-refractivity contribution in [2.75, 3.05) is 14.2 Å². The van der Waals surface area contributed by atoms with Crippen LogP contribution in [0, 0.1) is 0 Å². The second-order valence-corrected chi connectivity index (χ2v) is 5.47. The van der Waals surface area contributed by atoms with Gasteiger partial charge in [0.15, 0.2) is 0 Å². The Kier molecular flexibility index (Phi) is 4.53. The Morgan fingerprint density at radius 1 is 1.08 bits per heavy atom. The van der Waals surface area contributed by atoms with Gasteiger partial charge in [-0.2, -0.15) is 0 Å². The Morgan fingerprint density at radius 2 is 1.75 bits per heavy atom. The van der Waals surface area contributed by atoms with E-state index in [1.54, 1.807) is 44.6 Å². The Labute approximate surface area is 144 Å². The number of amides is 1. The molecule has 122 valence electrons.